The van der Waals surface area contributed by atoms with Crippen molar-refractivity contribution in [2.75, 3.05) is 0 Å². The molecule has 0 saturated carbocycles. The Morgan fingerprint density at radius 1 is 1.13 bits per heavy atom. The predicted molar refractivity (Wildman–Crippen MR) is 45.5 cm³/mol. The van der Waals surface area contributed by atoms with Gasteiger partial charge in [0.05, 0.1) is 6.10 Å². The van der Waals surface area contributed by atoms with E-state index in [1.807, 2.05) is 0 Å². The van der Waals surface area contributed by atoms with Gasteiger partial charge in [-0.2, -0.15) is 0 Å². The van der Waals surface area contributed by atoms with Gasteiger partial charge in [-0.25, -0.2) is 4.57 Å². The monoisotopic (exact) mass is 244 g/mol. The van der Waals surface area contributed by atoms with Crippen LogP contribution in [0.25, 0.3) is 0 Å². The lowest BCUT2D eigenvalue weighted by atomic mass is 10.0. The molecule has 1 heterocycles. The molecule has 9 heteroatoms. The van der Waals surface area contributed by atoms with Crippen molar-refractivity contribution >= 4 is 7.82 Å². The molecule has 0 amide bonds. The van der Waals surface area contributed by atoms with Crippen LogP contribution in [0.2, 0.25) is 0 Å². The Kier molecular flexibility index (Phi) is 3.85. The lowest BCUT2D eigenvalue weighted by Crippen LogP contribution is -2.57. The molecule has 0 radical (unpaired) electrons. The molecular weight excluding hydrogens is 231 g/mol. The van der Waals surface area contributed by atoms with Crippen molar-refractivity contribution in [3.8, 4) is 0 Å². The highest BCUT2D eigenvalue weighted by molar-refractivity contribution is 7.46. The average molecular weight is 244 g/mol. The molecule has 1 rings (SSSR count). The first kappa shape index (κ1) is 13.0. The predicted octanol–water partition coefficient (Wildman–Crippen LogP) is -2.08. The summed E-state index contributed by atoms with van der Waals surface area (Å²) in [7, 11) is -4.82. The van der Waals surface area contributed by atoms with Crippen LogP contribution in [0.1, 0.15) is 6.92 Å². The van der Waals surface area contributed by atoms with Crippen molar-refractivity contribution in [3.63, 3.8) is 0 Å². The smallest absolute Gasteiger partial charge is 0.388 e. The standard InChI is InChI=1S/C6H13O8P/c1-2-3(7)4(8)5(9)6(13-2)14-15(10,11)12/h2-9H,1H3,(H2,10,11,12). The van der Waals surface area contributed by atoms with E-state index in [1.165, 1.54) is 6.92 Å². The van der Waals surface area contributed by atoms with Crippen LogP contribution in [0, 0.1) is 0 Å². The molecule has 5 unspecified atom stereocenters. The minimum absolute atomic E-state index is 0.903. The Bertz CT molecular complexity index is 264. The third kappa shape index (κ3) is 3.20. The topological polar surface area (TPSA) is 137 Å². The van der Waals surface area contributed by atoms with Crippen LogP contribution in [-0.2, 0) is 13.8 Å². The molecule has 15 heavy (non-hydrogen) atoms. The van der Waals surface area contributed by atoms with Crippen molar-refractivity contribution in [1.29, 1.82) is 0 Å². The molecule has 0 spiro atoms. The van der Waals surface area contributed by atoms with Crippen LogP contribution in [0.3, 0.4) is 0 Å². The minimum Gasteiger partial charge on any atom is -0.388 e. The maximum Gasteiger partial charge on any atom is 0.472 e. The van der Waals surface area contributed by atoms with Gasteiger partial charge in [-0.05, 0) is 6.92 Å². The van der Waals surface area contributed by atoms with Gasteiger partial charge in [0.2, 0.25) is 0 Å². The van der Waals surface area contributed by atoms with Gasteiger partial charge in [-0.15, -0.1) is 0 Å². The summed E-state index contributed by atoms with van der Waals surface area (Å²) in [6.07, 6.45) is -7.20. The van der Waals surface area contributed by atoms with Crippen LogP contribution < -0.4 is 0 Å². The average Bonchev–Trinajstić information content (AvgIpc) is 2.08. The van der Waals surface area contributed by atoms with Crippen LogP contribution >= 0.6 is 7.82 Å². The third-order valence-electron chi connectivity index (χ3n) is 2.05. The molecule has 0 aliphatic carbocycles. The lowest BCUT2D eigenvalue weighted by molar-refractivity contribution is -0.271. The summed E-state index contributed by atoms with van der Waals surface area (Å²) in [5, 5.41) is 27.8. The normalized spacial score (nSPS) is 42.9. The van der Waals surface area contributed by atoms with Gasteiger partial charge in [0.15, 0.2) is 6.29 Å². The molecule has 1 fully saturated rings. The van der Waals surface area contributed by atoms with Crippen molar-refractivity contribution in [2.24, 2.45) is 0 Å². The molecule has 1 saturated heterocycles. The summed E-state index contributed by atoms with van der Waals surface area (Å²) in [6.45, 7) is 1.37. The van der Waals surface area contributed by atoms with Crippen LogP contribution in [0.4, 0.5) is 0 Å². The van der Waals surface area contributed by atoms with Crippen molar-refractivity contribution < 1.29 is 38.9 Å². The number of hydrogen-bond acceptors (Lipinski definition) is 6. The maximum atomic E-state index is 10.5. The van der Waals surface area contributed by atoms with Gasteiger partial charge in [0.25, 0.3) is 0 Å². The van der Waals surface area contributed by atoms with E-state index >= 15 is 0 Å². The van der Waals surface area contributed by atoms with E-state index < -0.39 is 38.5 Å². The zero-order chi connectivity index (χ0) is 11.8. The molecule has 0 aromatic carbocycles. The van der Waals surface area contributed by atoms with Crippen LogP contribution in [0.5, 0.6) is 0 Å². The first-order valence-electron chi connectivity index (χ1n) is 4.16. The number of hydrogen-bond donors (Lipinski definition) is 5. The molecule has 1 aliphatic heterocycles. The van der Waals surface area contributed by atoms with Gasteiger partial charge in [0, 0.05) is 0 Å². The second kappa shape index (κ2) is 4.44. The molecule has 5 N–H and O–H groups in total. The zero-order valence-corrected chi connectivity index (χ0v) is 8.69. The Labute approximate surface area is 85.3 Å². The highest BCUT2D eigenvalue weighted by Crippen LogP contribution is 2.40. The van der Waals surface area contributed by atoms with E-state index in [0.29, 0.717) is 0 Å². The highest BCUT2D eigenvalue weighted by Gasteiger charge is 2.44. The van der Waals surface area contributed by atoms with Crippen molar-refractivity contribution in [2.45, 2.75) is 37.6 Å². The van der Waals surface area contributed by atoms with Gasteiger partial charge in [-0.1, -0.05) is 0 Å². The van der Waals surface area contributed by atoms with Gasteiger partial charge in [0.1, 0.15) is 18.3 Å². The number of rotatable bonds is 2. The zero-order valence-electron chi connectivity index (χ0n) is 7.79. The molecule has 1 aliphatic rings. The van der Waals surface area contributed by atoms with E-state index in [0.717, 1.165) is 0 Å². The summed E-state index contributed by atoms with van der Waals surface area (Å²) in [4.78, 5) is 17.0. The Balaban J connectivity index is 2.71. The largest absolute Gasteiger partial charge is 0.472 e. The van der Waals surface area contributed by atoms with Crippen molar-refractivity contribution in [1.82, 2.24) is 0 Å². The van der Waals surface area contributed by atoms with E-state index in [4.69, 9.17) is 14.5 Å². The van der Waals surface area contributed by atoms with E-state index in [9.17, 15) is 19.9 Å². The molecule has 8 nitrogen and oxygen atoms in total. The van der Waals surface area contributed by atoms with E-state index in [1.54, 1.807) is 0 Å². The van der Waals surface area contributed by atoms with E-state index in [2.05, 4.69) is 4.52 Å². The Hall–Kier alpha value is -0.0500. The highest BCUT2D eigenvalue weighted by atomic mass is 31.2. The molecule has 0 bridgehead atoms. The summed E-state index contributed by atoms with van der Waals surface area (Å²) >= 11 is 0. The van der Waals surface area contributed by atoms with Gasteiger partial charge >= 0.3 is 7.82 Å². The fourth-order valence-corrected chi connectivity index (χ4v) is 1.68. The van der Waals surface area contributed by atoms with Crippen molar-refractivity contribution in [3.05, 3.63) is 0 Å². The summed E-state index contributed by atoms with van der Waals surface area (Å²) < 4.78 is 19.4. The number of phosphoric acid groups is 1. The number of ether oxygens (including phenoxy) is 1. The van der Waals surface area contributed by atoms with E-state index in [-0.39, 0.29) is 0 Å². The molecule has 90 valence electrons. The second-order valence-corrected chi connectivity index (χ2v) is 4.47. The fraction of sp³-hybridized carbons (Fsp3) is 1.00. The number of aliphatic hydroxyl groups excluding tert-OH is 3. The SMILES string of the molecule is CC1OC(OP(=O)(O)O)C(O)C(O)C1O. The molecule has 0 aromatic rings. The van der Waals surface area contributed by atoms with Gasteiger partial charge < -0.3 is 29.8 Å². The second-order valence-electron chi connectivity index (χ2n) is 3.28. The summed E-state index contributed by atoms with van der Waals surface area (Å²) in [6, 6.07) is 0. The minimum atomic E-state index is -4.82. The third-order valence-corrected chi connectivity index (χ3v) is 2.53. The number of phosphoric ester groups is 1. The quantitative estimate of drug-likeness (QED) is 0.349. The Morgan fingerprint density at radius 2 is 1.67 bits per heavy atom. The van der Waals surface area contributed by atoms with Crippen LogP contribution in [0.15, 0.2) is 0 Å². The summed E-state index contributed by atoms with van der Waals surface area (Å²) in [5.41, 5.74) is 0. The summed E-state index contributed by atoms with van der Waals surface area (Å²) in [5.74, 6) is 0. The molecule has 5 atom stereocenters. The maximum absolute atomic E-state index is 10.5. The lowest BCUT2D eigenvalue weighted by Gasteiger charge is -2.38. The molecule has 0 aromatic heterocycles. The fourth-order valence-electron chi connectivity index (χ4n) is 1.24. The Morgan fingerprint density at radius 3 is 2.13 bits per heavy atom. The first-order chi connectivity index (χ1) is 6.72. The number of aliphatic hydroxyl groups is 3. The molecular formula is C6H13O8P. The first-order valence-corrected chi connectivity index (χ1v) is 5.69. The van der Waals surface area contributed by atoms with Gasteiger partial charge in [-0.3, -0.25) is 4.52 Å². The van der Waals surface area contributed by atoms with Crippen LogP contribution in [-0.4, -0.2) is 55.8 Å².